The van der Waals surface area contributed by atoms with Crippen LogP contribution in [-0.4, -0.2) is 28.9 Å². The third kappa shape index (κ3) is 4.07. The monoisotopic (exact) mass is 558 g/mol. The minimum absolute atomic E-state index is 0.0463. The van der Waals surface area contributed by atoms with E-state index >= 15 is 0 Å². The third-order valence-corrected chi connectivity index (χ3v) is 8.24. The molecule has 0 saturated heterocycles. The zero-order valence-corrected chi connectivity index (χ0v) is 23.1. The molecule has 9 heteroatoms. The highest BCUT2D eigenvalue weighted by Crippen LogP contribution is 2.45. The van der Waals surface area contributed by atoms with Crippen molar-refractivity contribution in [1.29, 1.82) is 0 Å². The van der Waals surface area contributed by atoms with Gasteiger partial charge in [0.1, 0.15) is 0 Å². The number of aryl methyl sites for hydroxylation is 3. The molecule has 0 saturated carbocycles. The van der Waals surface area contributed by atoms with E-state index in [9.17, 15) is 14.7 Å². The van der Waals surface area contributed by atoms with Crippen LogP contribution in [0.2, 0.25) is 5.02 Å². The fourth-order valence-electron chi connectivity index (χ4n) is 4.94. The van der Waals surface area contributed by atoms with E-state index in [-0.39, 0.29) is 11.3 Å². The number of ketones is 1. The van der Waals surface area contributed by atoms with E-state index in [0.717, 1.165) is 26.9 Å². The van der Waals surface area contributed by atoms with Gasteiger partial charge in [-0.1, -0.05) is 52.8 Å². The average molecular weight is 559 g/mol. The van der Waals surface area contributed by atoms with Crippen molar-refractivity contribution in [1.82, 2.24) is 4.98 Å². The number of furan rings is 1. The van der Waals surface area contributed by atoms with Gasteiger partial charge >= 0.3 is 0 Å². The zero-order chi connectivity index (χ0) is 27.6. The van der Waals surface area contributed by atoms with Crippen molar-refractivity contribution in [3.8, 4) is 5.75 Å². The minimum Gasteiger partial charge on any atom is -0.503 e. The highest BCUT2D eigenvalue weighted by atomic mass is 35.5. The van der Waals surface area contributed by atoms with E-state index in [1.165, 1.54) is 29.4 Å². The molecule has 1 unspecified atom stereocenters. The predicted octanol–water partition coefficient (Wildman–Crippen LogP) is 7.41. The first-order chi connectivity index (χ1) is 18.7. The van der Waals surface area contributed by atoms with Crippen molar-refractivity contribution in [2.24, 2.45) is 0 Å². The number of carbonyl (C=O) groups excluding carboxylic acids is 2. The number of nitrogens with zero attached hydrogens (tertiary/aromatic N) is 2. The Labute approximate surface area is 232 Å². The Morgan fingerprint density at radius 3 is 2.62 bits per heavy atom. The normalized spacial score (nSPS) is 15.7. The largest absolute Gasteiger partial charge is 0.503 e. The number of benzene rings is 3. The Morgan fingerprint density at radius 2 is 1.87 bits per heavy atom. The molecule has 0 spiro atoms. The molecule has 0 fully saturated rings. The fraction of sp³-hybridized carbons (Fsp3) is 0.167. The van der Waals surface area contributed by atoms with E-state index in [0.29, 0.717) is 32.4 Å². The van der Waals surface area contributed by atoms with Gasteiger partial charge in [0.15, 0.2) is 28.0 Å². The summed E-state index contributed by atoms with van der Waals surface area (Å²) < 4.78 is 12.2. The summed E-state index contributed by atoms with van der Waals surface area (Å²) in [6.45, 7) is 5.95. The van der Waals surface area contributed by atoms with Gasteiger partial charge < -0.3 is 14.3 Å². The van der Waals surface area contributed by atoms with Crippen LogP contribution in [0.3, 0.4) is 0 Å². The second-order valence-corrected chi connectivity index (χ2v) is 11.1. The molecule has 7 nitrogen and oxygen atoms in total. The number of anilines is 1. The van der Waals surface area contributed by atoms with Gasteiger partial charge in [-0.15, -0.1) is 0 Å². The number of aliphatic hydroxyl groups excluding tert-OH is 1. The van der Waals surface area contributed by atoms with Crippen LogP contribution in [0.15, 0.2) is 70.3 Å². The number of hydrogen-bond donors (Lipinski definition) is 1. The van der Waals surface area contributed by atoms with Crippen molar-refractivity contribution in [2.75, 3.05) is 12.0 Å². The molecule has 3 heterocycles. The number of hydrogen-bond acceptors (Lipinski definition) is 7. The van der Waals surface area contributed by atoms with Crippen molar-refractivity contribution in [3.63, 3.8) is 0 Å². The maximum atomic E-state index is 14.0. The van der Waals surface area contributed by atoms with Crippen LogP contribution in [0, 0.1) is 20.8 Å². The summed E-state index contributed by atoms with van der Waals surface area (Å²) >= 11 is 7.54. The predicted molar refractivity (Wildman–Crippen MR) is 152 cm³/mol. The molecule has 5 aromatic rings. The first-order valence-corrected chi connectivity index (χ1v) is 13.4. The molecule has 39 heavy (non-hydrogen) atoms. The van der Waals surface area contributed by atoms with Crippen molar-refractivity contribution in [2.45, 2.75) is 26.8 Å². The van der Waals surface area contributed by atoms with E-state index in [1.807, 2.05) is 57.2 Å². The topological polar surface area (TPSA) is 92.9 Å². The van der Waals surface area contributed by atoms with Gasteiger partial charge in [0, 0.05) is 16.5 Å². The molecule has 1 aliphatic rings. The number of Topliss-reactive ketones (excluding diaryl/α,β-unsaturated/α-hetero) is 1. The third-order valence-electron chi connectivity index (χ3n) is 7.00. The van der Waals surface area contributed by atoms with Crippen molar-refractivity contribution < 1.29 is 23.8 Å². The van der Waals surface area contributed by atoms with Crippen LogP contribution in [-0.2, 0) is 4.79 Å². The number of fused-ring (bicyclic) bond motifs is 2. The molecule has 0 radical (unpaired) electrons. The molecule has 3 aromatic carbocycles. The van der Waals surface area contributed by atoms with E-state index in [2.05, 4.69) is 0 Å². The number of ether oxygens (including phenoxy) is 1. The summed E-state index contributed by atoms with van der Waals surface area (Å²) in [5.74, 6) is -1.63. The summed E-state index contributed by atoms with van der Waals surface area (Å²) in [5, 5.41) is 12.5. The zero-order valence-electron chi connectivity index (χ0n) is 21.5. The van der Waals surface area contributed by atoms with Gasteiger partial charge in [0.05, 0.1) is 28.9 Å². The molecule has 1 amide bonds. The van der Waals surface area contributed by atoms with E-state index in [1.54, 1.807) is 12.1 Å². The van der Waals surface area contributed by atoms with Crippen LogP contribution in [0.4, 0.5) is 5.13 Å². The van der Waals surface area contributed by atoms with E-state index < -0.39 is 23.5 Å². The number of methoxy groups -OCH3 is 1. The minimum atomic E-state index is -0.911. The molecule has 0 bridgehead atoms. The number of aliphatic hydroxyl groups is 1. The summed E-state index contributed by atoms with van der Waals surface area (Å²) in [6.07, 6.45) is 0. The summed E-state index contributed by atoms with van der Waals surface area (Å²) in [4.78, 5) is 33.7. The van der Waals surface area contributed by atoms with Crippen LogP contribution in [0.5, 0.6) is 5.75 Å². The number of thiazole rings is 1. The standard InChI is InChI=1S/C30H23ClN2O5S/c1-14-6-5-7-17(8-14)25-24(26(34)21-12-18-11-19(31)13-22(37-4)28(18)38-21)27(35)29(36)33(25)30-32-20-9-15(2)16(3)10-23(20)39-30/h5-13,25,35H,1-4H3. The molecular formula is C30H23ClN2O5S. The summed E-state index contributed by atoms with van der Waals surface area (Å²) in [5.41, 5.74) is 4.81. The van der Waals surface area contributed by atoms with Crippen molar-refractivity contribution >= 4 is 60.9 Å². The number of carbonyl (C=O) groups is 2. The first kappa shape index (κ1) is 25.2. The van der Waals surface area contributed by atoms with Gasteiger partial charge in [-0.05, 0) is 61.7 Å². The lowest BCUT2D eigenvalue weighted by Gasteiger charge is -2.24. The summed E-state index contributed by atoms with van der Waals surface area (Å²) in [7, 11) is 1.48. The highest BCUT2D eigenvalue weighted by molar-refractivity contribution is 7.22. The molecule has 1 aliphatic heterocycles. The van der Waals surface area contributed by atoms with Gasteiger partial charge in [-0.2, -0.15) is 0 Å². The fourth-order valence-corrected chi connectivity index (χ4v) is 6.23. The Balaban J connectivity index is 1.52. The number of amides is 1. The van der Waals surface area contributed by atoms with Crippen molar-refractivity contribution in [3.05, 3.63) is 99.0 Å². The van der Waals surface area contributed by atoms with Crippen LogP contribution in [0.1, 0.15) is 38.9 Å². The van der Waals surface area contributed by atoms with Crippen LogP contribution in [0.25, 0.3) is 21.2 Å². The molecule has 0 aliphatic carbocycles. The maximum Gasteiger partial charge on any atom is 0.296 e. The van der Waals surface area contributed by atoms with Gasteiger partial charge in [0.25, 0.3) is 5.91 Å². The molecule has 1 N–H and O–H groups in total. The molecule has 1 atom stereocenters. The molecule has 6 rings (SSSR count). The highest BCUT2D eigenvalue weighted by Gasteiger charge is 2.46. The summed E-state index contributed by atoms with van der Waals surface area (Å²) in [6, 6.07) is 15.4. The second-order valence-electron chi connectivity index (χ2n) is 9.62. The SMILES string of the molecule is COc1cc(Cl)cc2cc(C(=O)C3=C(O)C(=O)N(c4nc5cc(C)c(C)cc5s4)C3c3cccc(C)c3)oc12. The van der Waals surface area contributed by atoms with Crippen LogP contribution >= 0.6 is 22.9 Å². The van der Waals surface area contributed by atoms with Gasteiger partial charge in [-0.25, -0.2) is 4.98 Å². The van der Waals surface area contributed by atoms with Gasteiger partial charge in [-0.3, -0.25) is 14.5 Å². The second kappa shape index (κ2) is 9.25. The molecule has 196 valence electrons. The smallest absolute Gasteiger partial charge is 0.296 e. The Bertz CT molecular complexity index is 1830. The quantitative estimate of drug-likeness (QED) is 0.226. The average Bonchev–Trinajstić information content (AvgIpc) is 3.57. The lowest BCUT2D eigenvalue weighted by atomic mass is 9.94. The lowest BCUT2D eigenvalue weighted by molar-refractivity contribution is -0.117. The van der Waals surface area contributed by atoms with E-state index in [4.69, 9.17) is 25.7 Å². The maximum absolute atomic E-state index is 14.0. The number of aromatic nitrogens is 1. The Kier molecular flexibility index (Phi) is 5.97. The molecular weight excluding hydrogens is 536 g/mol. The van der Waals surface area contributed by atoms with Gasteiger partial charge in [0.2, 0.25) is 5.78 Å². The Hall–Kier alpha value is -4.14. The Morgan fingerprint density at radius 1 is 1.10 bits per heavy atom. The molecule has 2 aromatic heterocycles. The first-order valence-electron chi connectivity index (χ1n) is 12.2. The lowest BCUT2D eigenvalue weighted by Crippen LogP contribution is -2.31. The number of rotatable bonds is 5. The number of halogens is 1. The van der Waals surface area contributed by atoms with Crippen LogP contribution < -0.4 is 9.64 Å².